The van der Waals surface area contributed by atoms with E-state index in [1.54, 1.807) is 0 Å². The Bertz CT molecular complexity index is 412. The summed E-state index contributed by atoms with van der Waals surface area (Å²) in [5.41, 5.74) is 2.74. The largest absolute Gasteiger partial charge is 0.394 e. The number of para-hydroxylation sites is 1. The SMILES string of the molecule is CCCNC1CCCN(CCOCCO)c2ccccc21. The van der Waals surface area contributed by atoms with E-state index >= 15 is 0 Å². The maximum atomic E-state index is 8.78. The van der Waals surface area contributed by atoms with Crippen LogP contribution in [0.25, 0.3) is 0 Å². The van der Waals surface area contributed by atoms with E-state index in [4.69, 9.17) is 9.84 Å². The average Bonchev–Trinajstić information content (AvgIpc) is 2.69. The molecule has 2 rings (SSSR count). The van der Waals surface area contributed by atoms with Crippen LogP contribution in [0.2, 0.25) is 0 Å². The molecule has 21 heavy (non-hydrogen) atoms. The minimum Gasteiger partial charge on any atom is -0.394 e. The van der Waals surface area contributed by atoms with Crippen molar-refractivity contribution in [2.75, 3.05) is 44.4 Å². The normalized spacial score (nSPS) is 18.4. The lowest BCUT2D eigenvalue weighted by Gasteiger charge is -2.26. The van der Waals surface area contributed by atoms with Gasteiger partial charge in [-0.05, 0) is 37.4 Å². The van der Waals surface area contributed by atoms with Crippen molar-refractivity contribution in [3.8, 4) is 0 Å². The zero-order valence-electron chi connectivity index (χ0n) is 13.1. The highest BCUT2D eigenvalue weighted by Gasteiger charge is 2.21. The standard InChI is InChI=1S/C17H28N2O2/c1-2-9-18-16-7-5-10-19(11-13-21-14-12-20)17-8-4-3-6-15(16)17/h3-4,6,8,16,18,20H,2,5,7,9-14H2,1H3. The van der Waals surface area contributed by atoms with Crippen LogP contribution in [0.4, 0.5) is 5.69 Å². The van der Waals surface area contributed by atoms with Crippen molar-refractivity contribution in [1.29, 1.82) is 0 Å². The number of aliphatic hydroxyl groups excluding tert-OH is 1. The summed E-state index contributed by atoms with van der Waals surface area (Å²) in [5, 5.41) is 12.4. The molecule has 1 heterocycles. The third kappa shape index (κ3) is 4.70. The monoisotopic (exact) mass is 292 g/mol. The molecule has 4 nitrogen and oxygen atoms in total. The highest BCUT2D eigenvalue weighted by molar-refractivity contribution is 5.55. The molecule has 118 valence electrons. The zero-order chi connectivity index (χ0) is 14.9. The van der Waals surface area contributed by atoms with Crippen molar-refractivity contribution in [3.63, 3.8) is 0 Å². The number of anilines is 1. The van der Waals surface area contributed by atoms with Crippen LogP contribution in [0.3, 0.4) is 0 Å². The van der Waals surface area contributed by atoms with Crippen molar-refractivity contribution in [2.45, 2.75) is 32.2 Å². The number of aliphatic hydroxyl groups is 1. The lowest BCUT2D eigenvalue weighted by Crippen LogP contribution is -2.28. The number of ether oxygens (including phenoxy) is 1. The van der Waals surface area contributed by atoms with Gasteiger partial charge in [-0.3, -0.25) is 0 Å². The first-order chi connectivity index (χ1) is 10.4. The van der Waals surface area contributed by atoms with Crippen LogP contribution in [0.1, 0.15) is 37.8 Å². The molecule has 1 aliphatic heterocycles. The second kappa shape index (κ2) is 9.03. The predicted molar refractivity (Wildman–Crippen MR) is 86.8 cm³/mol. The van der Waals surface area contributed by atoms with E-state index < -0.39 is 0 Å². The second-order valence-corrected chi connectivity index (χ2v) is 5.53. The highest BCUT2D eigenvalue weighted by atomic mass is 16.5. The van der Waals surface area contributed by atoms with Gasteiger partial charge in [0.15, 0.2) is 0 Å². The Kier molecular flexibility index (Phi) is 7.00. The van der Waals surface area contributed by atoms with E-state index in [-0.39, 0.29) is 6.61 Å². The molecule has 4 heteroatoms. The van der Waals surface area contributed by atoms with Crippen LogP contribution in [0.15, 0.2) is 24.3 Å². The Hall–Kier alpha value is -1.10. The molecule has 0 aliphatic carbocycles. The molecule has 1 aliphatic rings. The van der Waals surface area contributed by atoms with Gasteiger partial charge < -0.3 is 20.1 Å². The predicted octanol–water partition coefficient (Wildman–Crippen LogP) is 2.34. The first-order valence-corrected chi connectivity index (χ1v) is 8.12. The molecule has 0 saturated carbocycles. The lowest BCUT2D eigenvalue weighted by atomic mass is 10.0. The summed E-state index contributed by atoms with van der Waals surface area (Å²) in [6.07, 6.45) is 3.54. The van der Waals surface area contributed by atoms with Crippen molar-refractivity contribution < 1.29 is 9.84 Å². The highest BCUT2D eigenvalue weighted by Crippen LogP contribution is 2.32. The molecule has 0 spiro atoms. The number of benzene rings is 1. The summed E-state index contributed by atoms with van der Waals surface area (Å²) < 4.78 is 5.43. The van der Waals surface area contributed by atoms with Crippen LogP contribution in [-0.4, -0.2) is 44.6 Å². The van der Waals surface area contributed by atoms with Crippen LogP contribution in [0, 0.1) is 0 Å². The molecule has 1 atom stereocenters. The fraction of sp³-hybridized carbons (Fsp3) is 0.647. The molecule has 0 amide bonds. The van der Waals surface area contributed by atoms with E-state index in [0.29, 0.717) is 19.3 Å². The van der Waals surface area contributed by atoms with Crippen molar-refractivity contribution in [3.05, 3.63) is 29.8 Å². The number of nitrogens with zero attached hydrogens (tertiary/aromatic N) is 1. The minimum atomic E-state index is 0.0968. The third-order valence-corrected chi connectivity index (χ3v) is 3.96. The van der Waals surface area contributed by atoms with Crippen molar-refractivity contribution >= 4 is 5.69 Å². The Balaban J connectivity index is 2.05. The number of rotatable bonds is 8. The van der Waals surface area contributed by atoms with Gasteiger partial charge in [-0.15, -0.1) is 0 Å². The van der Waals surface area contributed by atoms with Gasteiger partial charge in [-0.2, -0.15) is 0 Å². The summed E-state index contributed by atoms with van der Waals surface area (Å²) in [6, 6.07) is 9.17. The Morgan fingerprint density at radius 3 is 3.00 bits per heavy atom. The van der Waals surface area contributed by atoms with E-state index in [9.17, 15) is 0 Å². The fourth-order valence-corrected chi connectivity index (χ4v) is 2.94. The lowest BCUT2D eigenvalue weighted by molar-refractivity contribution is 0.0966. The molecule has 0 radical (unpaired) electrons. The van der Waals surface area contributed by atoms with Crippen LogP contribution < -0.4 is 10.2 Å². The quantitative estimate of drug-likeness (QED) is 0.722. The van der Waals surface area contributed by atoms with E-state index in [1.165, 1.54) is 24.1 Å². The molecule has 1 aromatic carbocycles. The first kappa shape index (κ1) is 16.3. The van der Waals surface area contributed by atoms with E-state index in [0.717, 1.165) is 26.1 Å². The Morgan fingerprint density at radius 2 is 2.19 bits per heavy atom. The molecule has 1 aromatic rings. The van der Waals surface area contributed by atoms with Gasteiger partial charge >= 0.3 is 0 Å². The number of hydrogen-bond acceptors (Lipinski definition) is 4. The minimum absolute atomic E-state index is 0.0968. The van der Waals surface area contributed by atoms with Crippen LogP contribution >= 0.6 is 0 Å². The molecular formula is C17H28N2O2. The smallest absolute Gasteiger partial charge is 0.0698 e. The van der Waals surface area contributed by atoms with Crippen molar-refractivity contribution in [2.24, 2.45) is 0 Å². The van der Waals surface area contributed by atoms with Gasteiger partial charge in [-0.1, -0.05) is 25.1 Å². The molecule has 0 bridgehead atoms. The molecular weight excluding hydrogens is 264 g/mol. The zero-order valence-corrected chi connectivity index (χ0v) is 13.1. The summed E-state index contributed by atoms with van der Waals surface area (Å²) in [5.74, 6) is 0. The maximum absolute atomic E-state index is 8.78. The summed E-state index contributed by atoms with van der Waals surface area (Å²) in [7, 11) is 0. The first-order valence-electron chi connectivity index (χ1n) is 8.12. The van der Waals surface area contributed by atoms with Gasteiger partial charge in [0.05, 0.1) is 19.8 Å². The topological polar surface area (TPSA) is 44.7 Å². The van der Waals surface area contributed by atoms with Gasteiger partial charge in [0, 0.05) is 24.8 Å². The number of fused-ring (bicyclic) bond motifs is 1. The third-order valence-electron chi connectivity index (χ3n) is 3.96. The van der Waals surface area contributed by atoms with Gasteiger partial charge in [-0.25, -0.2) is 0 Å². The fourth-order valence-electron chi connectivity index (χ4n) is 2.94. The average molecular weight is 292 g/mol. The van der Waals surface area contributed by atoms with E-state index in [1.807, 2.05) is 0 Å². The molecule has 0 fully saturated rings. The van der Waals surface area contributed by atoms with Gasteiger partial charge in [0.2, 0.25) is 0 Å². The number of hydrogen-bond donors (Lipinski definition) is 2. The molecule has 0 saturated heterocycles. The van der Waals surface area contributed by atoms with Gasteiger partial charge in [0.1, 0.15) is 0 Å². The van der Waals surface area contributed by atoms with E-state index in [2.05, 4.69) is 41.4 Å². The van der Waals surface area contributed by atoms with Crippen LogP contribution in [-0.2, 0) is 4.74 Å². The Labute approximate surface area is 128 Å². The van der Waals surface area contributed by atoms with Crippen molar-refractivity contribution in [1.82, 2.24) is 5.32 Å². The second-order valence-electron chi connectivity index (χ2n) is 5.53. The summed E-state index contributed by atoms with van der Waals surface area (Å²) >= 11 is 0. The van der Waals surface area contributed by atoms with Crippen LogP contribution in [0.5, 0.6) is 0 Å². The Morgan fingerprint density at radius 1 is 1.33 bits per heavy atom. The molecule has 1 unspecified atom stereocenters. The molecule has 2 N–H and O–H groups in total. The number of nitrogens with one attached hydrogen (secondary N) is 1. The maximum Gasteiger partial charge on any atom is 0.0698 e. The summed E-state index contributed by atoms with van der Waals surface area (Å²) in [6.45, 7) is 6.43. The van der Waals surface area contributed by atoms with Gasteiger partial charge in [0.25, 0.3) is 0 Å². The molecule has 0 aromatic heterocycles. The summed E-state index contributed by atoms with van der Waals surface area (Å²) in [4.78, 5) is 2.42.